The molecule has 0 saturated carbocycles. The van der Waals surface area contributed by atoms with E-state index in [4.69, 9.17) is 8.83 Å². The number of anilines is 2. The fourth-order valence-electron chi connectivity index (χ4n) is 3.16. The van der Waals surface area contributed by atoms with Gasteiger partial charge < -0.3 is 19.5 Å². The predicted molar refractivity (Wildman–Crippen MR) is 117 cm³/mol. The number of hydrogen-bond donors (Lipinski definition) is 2. The Bertz CT molecular complexity index is 1280. The molecule has 0 aliphatic rings. The van der Waals surface area contributed by atoms with Gasteiger partial charge in [0.1, 0.15) is 0 Å². The van der Waals surface area contributed by atoms with Gasteiger partial charge in [-0.15, -0.1) is 0 Å². The van der Waals surface area contributed by atoms with Crippen LogP contribution < -0.4 is 10.6 Å². The second kappa shape index (κ2) is 9.65. The molecule has 2 aromatic heterocycles. The van der Waals surface area contributed by atoms with Gasteiger partial charge in [-0.25, -0.2) is 4.98 Å². The quantitative estimate of drug-likeness (QED) is 0.358. The number of benzene rings is 2. The second-order valence-corrected chi connectivity index (χ2v) is 7.22. The maximum Gasteiger partial charge on any atom is 0.418 e. The van der Waals surface area contributed by atoms with Crippen LogP contribution in [0.5, 0.6) is 0 Å². The van der Waals surface area contributed by atoms with E-state index in [-0.39, 0.29) is 24.3 Å². The first-order chi connectivity index (χ1) is 16.3. The molecule has 174 valence electrons. The van der Waals surface area contributed by atoms with E-state index in [1.165, 1.54) is 30.7 Å². The average molecular weight is 469 g/mol. The van der Waals surface area contributed by atoms with Gasteiger partial charge in [0.05, 0.1) is 23.7 Å². The zero-order valence-electron chi connectivity index (χ0n) is 17.6. The molecule has 2 N–H and O–H groups in total. The minimum absolute atomic E-state index is 0.0482. The Kier molecular flexibility index (Phi) is 6.48. The molecule has 2 amide bonds. The van der Waals surface area contributed by atoms with Gasteiger partial charge >= 0.3 is 6.18 Å². The largest absolute Gasteiger partial charge is 0.459 e. The molecule has 2 heterocycles. The lowest BCUT2D eigenvalue weighted by atomic mass is 10.1. The van der Waals surface area contributed by atoms with Crippen molar-refractivity contribution in [3.63, 3.8) is 0 Å². The highest BCUT2D eigenvalue weighted by Crippen LogP contribution is 2.37. The van der Waals surface area contributed by atoms with Gasteiger partial charge in [0.15, 0.2) is 17.4 Å². The average Bonchev–Trinajstić information content (AvgIpc) is 3.51. The summed E-state index contributed by atoms with van der Waals surface area (Å²) in [5.41, 5.74) is -0.800. The van der Waals surface area contributed by atoms with Gasteiger partial charge in [0, 0.05) is 24.1 Å². The smallest absolute Gasteiger partial charge is 0.418 e. The Morgan fingerprint density at radius 3 is 2.47 bits per heavy atom. The molecule has 7 nitrogen and oxygen atoms in total. The molecule has 0 aliphatic heterocycles. The van der Waals surface area contributed by atoms with Crippen LogP contribution in [0.25, 0.3) is 11.3 Å². The summed E-state index contributed by atoms with van der Waals surface area (Å²) in [6, 6.07) is 15.2. The number of hydrogen-bond acceptors (Lipinski definition) is 5. The van der Waals surface area contributed by atoms with Crippen molar-refractivity contribution in [1.29, 1.82) is 0 Å². The molecular formula is C24H18F3N3O4. The first kappa shape index (κ1) is 22.8. The van der Waals surface area contributed by atoms with Crippen LogP contribution in [0.1, 0.15) is 28.4 Å². The summed E-state index contributed by atoms with van der Waals surface area (Å²) in [5, 5.41) is 4.61. The molecule has 0 unspecified atom stereocenters. The molecular weight excluding hydrogens is 451 g/mol. The van der Waals surface area contributed by atoms with Gasteiger partial charge in [-0.2, -0.15) is 13.2 Å². The second-order valence-electron chi connectivity index (χ2n) is 7.22. The van der Waals surface area contributed by atoms with Crippen LogP contribution in [0.2, 0.25) is 0 Å². The molecule has 2 aromatic carbocycles. The van der Waals surface area contributed by atoms with E-state index in [0.717, 1.165) is 17.7 Å². The highest BCUT2D eigenvalue weighted by molar-refractivity contribution is 6.02. The van der Waals surface area contributed by atoms with Gasteiger partial charge in [0.2, 0.25) is 5.91 Å². The van der Waals surface area contributed by atoms with Crippen molar-refractivity contribution < 1.29 is 31.6 Å². The van der Waals surface area contributed by atoms with Crippen molar-refractivity contribution >= 4 is 23.2 Å². The first-order valence-electron chi connectivity index (χ1n) is 10.2. The lowest BCUT2D eigenvalue weighted by molar-refractivity contribution is -0.136. The Morgan fingerprint density at radius 2 is 1.76 bits per heavy atom. The fraction of sp³-hybridized carbons (Fsp3) is 0.125. The Hall–Kier alpha value is -4.34. The number of aromatic nitrogens is 1. The number of amides is 2. The Labute approximate surface area is 191 Å². The Balaban J connectivity index is 1.41. The van der Waals surface area contributed by atoms with E-state index in [9.17, 15) is 22.8 Å². The molecule has 10 heteroatoms. The summed E-state index contributed by atoms with van der Waals surface area (Å²) in [5.74, 6) is -0.565. The third-order valence-electron chi connectivity index (χ3n) is 4.78. The highest BCUT2D eigenvalue weighted by atomic mass is 19.4. The van der Waals surface area contributed by atoms with Gasteiger partial charge in [0.25, 0.3) is 5.91 Å². The van der Waals surface area contributed by atoms with Crippen molar-refractivity contribution in [1.82, 2.24) is 4.98 Å². The number of rotatable bonds is 7. The number of carbonyl (C=O) groups is 2. The highest BCUT2D eigenvalue weighted by Gasteiger charge is 2.34. The molecule has 0 fully saturated rings. The number of alkyl halides is 3. The normalized spacial score (nSPS) is 11.3. The summed E-state index contributed by atoms with van der Waals surface area (Å²) in [6.45, 7) is 0. The van der Waals surface area contributed by atoms with Crippen molar-refractivity contribution in [3.05, 3.63) is 90.3 Å². The van der Waals surface area contributed by atoms with Crippen LogP contribution in [0, 0.1) is 0 Å². The number of aryl methyl sites for hydroxylation is 1. The zero-order valence-corrected chi connectivity index (χ0v) is 17.6. The minimum atomic E-state index is -4.76. The number of furan rings is 1. The summed E-state index contributed by atoms with van der Waals surface area (Å²) in [7, 11) is 0. The number of carbonyl (C=O) groups excluding carboxylic acids is 2. The van der Waals surface area contributed by atoms with E-state index >= 15 is 0 Å². The van der Waals surface area contributed by atoms with E-state index in [1.807, 2.05) is 30.3 Å². The standard InChI is InChI=1S/C24H18F3N3O4/c25-24(26,27)17-13-16(29-23(32)19-7-4-12-33-19)8-9-18(17)30-21(31)10-11-22-28-14-20(34-22)15-5-2-1-3-6-15/h1-9,12-14H,10-11H2,(H,29,32)(H,30,31). The van der Waals surface area contributed by atoms with Crippen molar-refractivity contribution in [2.45, 2.75) is 19.0 Å². The van der Waals surface area contributed by atoms with E-state index in [1.54, 1.807) is 0 Å². The fourth-order valence-corrected chi connectivity index (χ4v) is 3.16. The third kappa shape index (κ3) is 5.52. The predicted octanol–water partition coefficient (Wildman–Crippen LogP) is 5.78. The first-order valence-corrected chi connectivity index (χ1v) is 10.2. The van der Waals surface area contributed by atoms with Crippen LogP contribution in [-0.4, -0.2) is 16.8 Å². The van der Waals surface area contributed by atoms with E-state index in [2.05, 4.69) is 15.6 Å². The van der Waals surface area contributed by atoms with Crippen LogP contribution in [0.3, 0.4) is 0 Å². The third-order valence-corrected chi connectivity index (χ3v) is 4.78. The maximum atomic E-state index is 13.6. The van der Waals surface area contributed by atoms with E-state index in [0.29, 0.717) is 11.7 Å². The van der Waals surface area contributed by atoms with Crippen molar-refractivity contribution in [3.8, 4) is 11.3 Å². The molecule has 0 radical (unpaired) electrons. The number of oxazole rings is 1. The molecule has 0 bridgehead atoms. The van der Waals surface area contributed by atoms with Crippen LogP contribution in [-0.2, 0) is 17.4 Å². The van der Waals surface area contributed by atoms with Gasteiger partial charge in [-0.05, 0) is 30.3 Å². The number of nitrogens with zero attached hydrogens (tertiary/aromatic N) is 1. The number of nitrogens with one attached hydrogen (secondary N) is 2. The minimum Gasteiger partial charge on any atom is -0.459 e. The Morgan fingerprint density at radius 1 is 0.971 bits per heavy atom. The number of halogens is 3. The SMILES string of the molecule is O=C(CCc1ncc(-c2ccccc2)o1)Nc1ccc(NC(=O)c2ccco2)cc1C(F)(F)F. The summed E-state index contributed by atoms with van der Waals surface area (Å²) in [6.07, 6.45) is -1.99. The lowest BCUT2D eigenvalue weighted by Crippen LogP contribution is -2.18. The van der Waals surface area contributed by atoms with Crippen molar-refractivity contribution in [2.24, 2.45) is 0 Å². The molecule has 4 aromatic rings. The maximum absolute atomic E-state index is 13.6. The summed E-state index contributed by atoms with van der Waals surface area (Å²) >= 11 is 0. The van der Waals surface area contributed by atoms with Crippen LogP contribution in [0.15, 0.2) is 82.0 Å². The topological polar surface area (TPSA) is 97.4 Å². The zero-order chi connectivity index (χ0) is 24.1. The molecule has 34 heavy (non-hydrogen) atoms. The molecule has 0 spiro atoms. The molecule has 0 aliphatic carbocycles. The monoisotopic (exact) mass is 469 g/mol. The van der Waals surface area contributed by atoms with Crippen LogP contribution in [0.4, 0.5) is 24.5 Å². The summed E-state index contributed by atoms with van der Waals surface area (Å²) < 4.78 is 51.3. The molecule has 0 atom stereocenters. The molecule has 0 saturated heterocycles. The molecule has 4 rings (SSSR count). The van der Waals surface area contributed by atoms with Crippen molar-refractivity contribution in [2.75, 3.05) is 10.6 Å². The van der Waals surface area contributed by atoms with Crippen LogP contribution >= 0.6 is 0 Å². The van der Waals surface area contributed by atoms with Gasteiger partial charge in [-0.3, -0.25) is 9.59 Å². The van der Waals surface area contributed by atoms with Gasteiger partial charge in [-0.1, -0.05) is 30.3 Å². The lowest BCUT2D eigenvalue weighted by Gasteiger charge is -2.15. The summed E-state index contributed by atoms with van der Waals surface area (Å²) in [4.78, 5) is 28.5. The van der Waals surface area contributed by atoms with E-state index < -0.39 is 29.2 Å².